The first-order chi connectivity index (χ1) is 8.60. The van der Waals surface area contributed by atoms with Gasteiger partial charge in [0.1, 0.15) is 0 Å². The van der Waals surface area contributed by atoms with E-state index in [1.54, 1.807) is 0 Å². The molecular weight excluding hydrogens is 232 g/mol. The molecule has 0 aromatic carbocycles. The van der Waals surface area contributed by atoms with Gasteiger partial charge in [0.15, 0.2) is 0 Å². The maximum atomic E-state index is 12.0. The molecule has 1 amide bonds. The fourth-order valence-electron chi connectivity index (χ4n) is 2.68. The van der Waals surface area contributed by atoms with Crippen molar-refractivity contribution in [2.24, 2.45) is 23.5 Å². The predicted octanol–water partition coefficient (Wildman–Crippen LogP) is 0.979. The number of carbonyl (C=O) groups is 2. The third kappa shape index (κ3) is 3.98. The lowest BCUT2D eigenvalue weighted by atomic mass is 9.95. The molecule has 1 saturated carbocycles. The number of carbonyl (C=O) groups excluding carboxylic acids is 1. The summed E-state index contributed by atoms with van der Waals surface area (Å²) in [6.07, 6.45) is 4.32. The largest absolute Gasteiger partial charge is 0.481 e. The molecule has 5 nitrogen and oxygen atoms in total. The summed E-state index contributed by atoms with van der Waals surface area (Å²) in [7, 11) is 0. The Balaban J connectivity index is 2.41. The van der Waals surface area contributed by atoms with E-state index in [0.29, 0.717) is 13.0 Å². The van der Waals surface area contributed by atoms with Crippen LogP contribution in [0.1, 0.15) is 39.0 Å². The Labute approximate surface area is 108 Å². The molecule has 0 radical (unpaired) electrons. The molecule has 0 spiro atoms. The van der Waals surface area contributed by atoms with Gasteiger partial charge in [0.05, 0.1) is 5.92 Å². The van der Waals surface area contributed by atoms with Gasteiger partial charge in [-0.25, -0.2) is 0 Å². The minimum Gasteiger partial charge on any atom is -0.481 e. The van der Waals surface area contributed by atoms with E-state index in [4.69, 9.17) is 10.8 Å². The van der Waals surface area contributed by atoms with E-state index in [1.807, 2.05) is 6.92 Å². The zero-order valence-electron chi connectivity index (χ0n) is 11.0. The van der Waals surface area contributed by atoms with Gasteiger partial charge in [0.25, 0.3) is 0 Å². The van der Waals surface area contributed by atoms with Crippen LogP contribution >= 0.6 is 0 Å². The summed E-state index contributed by atoms with van der Waals surface area (Å²) in [5.41, 5.74) is 5.64. The van der Waals surface area contributed by atoms with Crippen LogP contribution in [0.2, 0.25) is 0 Å². The lowest BCUT2D eigenvalue weighted by Gasteiger charge is -2.19. The van der Waals surface area contributed by atoms with E-state index in [9.17, 15) is 9.59 Å². The highest BCUT2D eigenvalue weighted by Crippen LogP contribution is 2.30. The Kier molecular flexibility index (Phi) is 6.12. The summed E-state index contributed by atoms with van der Waals surface area (Å²) >= 11 is 0. The van der Waals surface area contributed by atoms with Crippen LogP contribution in [0.25, 0.3) is 0 Å². The third-order valence-electron chi connectivity index (χ3n) is 3.81. The van der Waals surface area contributed by atoms with Crippen LogP contribution in [-0.4, -0.2) is 30.1 Å². The van der Waals surface area contributed by atoms with Gasteiger partial charge >= 0.3 is 5.97 Å². The van der Waals surface area contributed by atoms with Crippen LogP contribution in [0.4, 0.5) is 0 Å². The zero-order valence-corrected chi connectivity index (χ0v) is 11.0. The highest BCUT2D eigenvalue weighted by atomic mass is 16.4. The second-order valence-electron chi connectivity index (χ2n) is 5.10. The lowest BCUT2D eigenvalue weighted by molar-refractivity contribution is -0.142. The SMILES string of the molecule is CCCC(CNC(=O)C1CCCC1CN)C(=O)O. The average molecular weight is 256 g/mol. The molecule has 3 atom stereocenters. The van der Waals surface area contributed by atoms with Gasteiger partial charge in [-0.1, -0.05) is 19.8 Å². The van der Waals surface area contributed by atoms with Crippen LogP contribution in [-0.2, 0) is 9.59 Å². The molecule has 4 N–H and O–H groups in total. The summed E-state index contributed by atoms with van der Waals surface area (Å²) in [5.74, 6) is -1.09. The highest BCUT2D eigenvalue weighted by molar-refractivity contribution is 5.80. The molecule has 1 aliphatic rings. The van der Waals surface area contributed by atoms with Gasteiger partial charge in [-0.15, -0.1) is 0 Å². The number of carboxylic acid groups (broad SMARTS) is 1. The van der Waals surface area contributed by atoms with Crippen LogP contribution in [0, 0.1) is 17.8 Å². The maximum Gasteiger partial charge on any atom is 0.308 e. The Morgan fingerprint density at radius 2 is 2.17 bits per heavy atom. The number of rotatable bonds is 7. The minimum absolute atomic E-state index is 0.0222. The summed E-state index contributed by atoms with van der Waals surface area (Å²) in [6, 6.07) is 0. The van der Waals surface area contributed by atoms with E-state index in [0.717, 1.165) is 25.7 Å². The second kappa shape index (κ2) is 7.36. The van der Waals surface area contributed by atoms with Crippen LogP contribution in [0.5, 0.6) is 0 Å². The summed E-state index contributed by atoms with van der Waals surface area (Å²) in [4.78, 5) is 23.0. The second-order valence-corrected chi connectivity index (χ2v) is 5.10. The van der Waals surface area contributed by atoms with E-state index in [1.165, 1.54) is 0 Å². The monoisotopic (exact) mass is 256 g/mol. The van der Waals surface area contributed by atoms with Crippen LogP contribution < -0.4 is 11.1 Å². The van der Waals surface area contributed by atoms with Crippen molar-refractivity contribution >= 4 is 11.9 Å². The first kappa shape index (κ1) is 15.0. The lowest BCUT2D eigenvalue weighted by Crippen LogP contribution is -2.39. The Hall–Kier alpha value is -1.10. The molecule has 0 aliphatic heterocycles. The molecular formula is C13H24N2O3. The summed E-state index contributed by atoms with van der Waals surface area (Å²) in [5, 5.41) is 11.8. The Morgan fingerprint density at radius 3 is 2.72 bits per heavy atom. The molecule has 1 rings (SSSR count). The van der Waals surface area contributed by atoms with E-state index < -0.39 is 11.9 Å². The van der Waals surface area contributed by atoms with Crippen molar-refractivity contribution in [1.29, 1.82) is 0 Å². The van der Waals surface area contributed by atoms with Gasteiger partial charge in [-0.05, 0) is 31.7 Å². The number of carboxylic acids is 1. The number of nitrogens with two attached hydrogens (primary N) is 1. The normalized spacial score (nSPS) is 24.8. The van der Waals surface area contributed by atoms with Crippen LogP contribution in [0.3, 0.4) is 0 Å². The van der Waals surface area contributed by atoms with Crippen molar-refractivity contribution in [3.8, 4) is 0 Å². The molecule has 18 heavy (non-hydrogen) atoms. The Morgan fingerprint density at radius 1 is 1.44 bits per heavy atom. The quantitative estimate of drug-likeness (QED) is 0.633. The Bertz CT molecular complexity index is 294. The van der Waals surface area contributed by atoms with Crippen molar-refractivity contribution < 1.29 is 14.7 Å². The van der Waals surface area contributed by atoms with Crippen molar-refractivity contribution in [1.82, 2.24) is 5.32 Å². The van der Waals surface area contributed by atoms with Crippen molar-refractivity contribution in [3.63, 3.8) is 0 Å². The number of hydrogen-bond acceptors (Lipinski definition) is 3. The standard InChI is InChI=1S/C13H24N2O3/c1-2-4-10(13(17)18)8-15-12(16)11-6-3-5-9(11)7-14/h9-11H,2-8,14H2,1H3,(H,15,16)(H,17,18). The summed E-state index contributed by atoms with van der Waals surface area (Å²) < 4.78 is 0. The number of aliphatic carboxylic acids is 1. The van der Waals surface area contributed by atoms with Crippen molar-refractivity contribution in [2.75, 3.05) is 13.1 Å². The molecule has 0 heterocycles. The van der Waals surface area contributed by atoms with Gasteiger partial charge in [0, 0.05) is 12.5 Å². The van der Waals surface area contributed by atoms with Gasteiger partial charge < -0.3 is 16.2 Å². The number of hydrogen-bond donors (Lipinski definition) is 3. The molecule has 0 aromatic heterocycles. The maximum absolute atomic E-state index is 12.0. The topological polar surface area (TPSA) is 92.4 Å². The highest BCUT2D eigenvalue weighted by Gasteiger charge is 2.32. The number of nitrogens with one attached hydrogen (secondary N) is 1. The first-order valence-electron chi connectivity index (χ1n) is 6.80. The zero-order chi connectivity index (χ0) is 13.5. The number of amides is 1. The molecule has 5 heteroatoms. The first-order valence-corrected chi connectivity index (χ1v) is 6.80. The van der Waals surface area contributed by atoms with Gasteiger partial charge in [0.2, 0.25) is 5.91 Å². The van der Waals surface area contributed by atoms with Crippen LogP contribution in [0.15, 0.2) is 0 Å². The molecule has 0 aromatic rings. The van der Waals surface area contributed by atoms with Gasteiger partial charge in [-0.2, -0.15) is 0 Å². The fourth-order valence-corrected chi connectivity index (χ4v) is 2.68. The molecule has 104 valence electrons. The van der Waals surface area contributed by atoms with E-state index >= 15 is 0 Å². The van der Waals surface area contributed by atoms with E-state index in [2.05, 4.69) is 5.32 Å². The molecule has 1 fully saturated rings. The molecule has 3 unspecified atom stereocenters. The average Bonchev–Trinajstić information content (AvgIpc) is 2.81. The smallest absolute Gasteiger partial charge is 0.308 e. The van der Waals surface area contributed by atoms with E-state index in [-0.39, 0.29) is 24.3 Å². The van der Waals surface area contributed by atoms with Gasteiger partial charge in [-0.3, -0.25) is 9.59 Å². The fraction of sp³-hybridized carbons (Fsp3) is 0.846. The molecule has 1 aliphatic carbocycles. The summed E-state index contributed by atoms with van der Waals surface area (Å²) in [6.45, 7) is 2.71. The van der Waals surface area contributed by atoms with Crippen molar-refractivity contribution in [2.45, 2.75) is 39.0 Å². The van der Waals surface area contributed by atoms with Crippen molar-refractivity contribution in [3.05, 3.63) is 0 Å². The molecule has 0 saturated heterocycles. The minimum atomic E-state index is -0.834. The molecule has 0 bridgehead atoms. The third-order valence-corrected chi connectivity index (χ3v) is 3.81. The predicted molar refractivity (Wildman–Crippen MR) is 68.9 cm³/mol.